The summed E-state index contributed by atoms with van der Waals surface area (Å²) in [5.74, 6) is 1.14. The minimum Gasteiger partial charge on any atom is -0.493 e. The van der Waals surface area contributed by atoms with Crippen LogP contribution >= 0.6 is 11.3 Å². The van der Waals surface area contributed by atoms with Gasteiger partial charge in [0.1, 0.15) is 12.3 Å². The fourth-order valence-corrected chi connectivity index (χ4v) is 3.92. The van der Waals surface area contributed by atoms with E-state index in [0.717, 1.165) is 10.4 Å². The maximum atomic E-state index is 12.9. The maximum absolute atomic E-state index is 12.9. The number of carbonyl (C=O) groups excluding carboxylic acids is 1. The molecule has 2 aromatic heterocycles. The number of thiophene rings is 1. The molecule has 0 atom stereocenters. The van der Waals surface area contributed by atoms with Crippen molar-refractivity contribution in [1.29, 1.82) is 0 Å². The molecule has 0 bridgehead atoms. The Labute approximate surface area is 185 Å². The van der Waals surface area contributed by atoms with Crippen LogP contribution in [-0.2, 0) is 6.54 Å². The highest BCUT2D eigenvalue weighted by atomic mass is 32.1. The molecule has 0 radical (unpaired) electrons. The van der Waals surface area contributed by atoms with E-state index in [1.165, 1.54) is 0 Å². The number of benzene rings is 2. The molecule has 158 valence electrons. The fraction of sp³-hybridized carbons (Fsp3) is 0.167. The second-order valence-electron chi connectivity index (χ2n) is 6.81. The minimum atomic E-state index is -0.175. The summed E-state index contributed by atoms with van der Waals surface area (Å²) in [4.78, 5) is 13.9. The first-order valence-corrected chi connectivity index (χ1v) is 10.8. The van der Waals surface area contributed by atoms with Crippen LogP contribution < -0.4 is 14.8 Å². The van der Waals surface area contributed by atoms with Crippen LogP contribution in [-0.4, -0.2) is 35.9 Å². The monoisotopic (exact) mass is 433 g/mol. The third-order valence-corrected chi connectivity index (χ3v) is 5.54. The zero-order valence-corrected chi connectivity index (χ0v) is 18.0. The highest BCUT2D eigenvalue weighted by Crippen LogP contribution is 2.27. The first-order chi connectivity index (χ1) is 15.2. The van der Waals surface area contributed by atoms with Crippen molar-refractivity contribution in [3.05, 3.63) is 89.4 Å². The lowest BCUT2D eigenvalue weighted by Crippen LogP contribution is -2.28. The molecule has 4 rings (SSSR count). The number of rotatable bonds is 9. The molecule has 0 unspecified atom stereocenters. The van der Waals surface area contributed by atoms with Crippen LogP contribution in [0.2, 0.25) is 0 Å². The molecule has 1 amide bonds. The number of amides is 1. The van der Waals surface area contributed by atoms with Gasteiger partial charge in [0.15, 0.2) is 11.5 Å². The summed E-state index contributed by atoms with van der Waals surface area (Å²) in [5, 5.41) is 9.60. The third-order valence-electron chi connectivity index (χ3n) is 4.66. The Morgan fingerprint density at radius 3 is 2.55 bits per heavy atom. The number of ether oxygens (including phenoxy) is 2. The van der Waals surface area contributed by atoms with Gasteiger partial charge in [-0.25, -0.2) is 0 Å². The number of methoxy groups -OCH3 is 1. The molecule has 2 aromatic carbocycles. The molecule has 6 nitrogen and oxygen atoms in total. The topological polar surface area (TPSA) is 65.4 Å². The molecular formula is C24H23N3O3S. The van der Waals surface area contributed by atoms with E-state index in [9.17, 15) is 4.79 Å². The molecule has 0 aliphatic carbocycles. The average molecular weight is 434 g/mol. The summed E-state index contributed by atoms with van der Waals surface area (Å²) in [5.41, 5.74) is 2.37. The van der Waals surface area contributed by atoms with Crippen LogP contribution in [0.25, 0.3) is 10.6 Å². The van der Waals surface area contributed by atoms with Crippen LogP contribution in [0.3, 0.4) is 0 Å². The largest absolute Gasteiger partial charge is 0.493 e. The van der Waals surface area contributed by atoms with Crippen LogP contribution in [0.1, 0.15) is 15.9 Å². The number of hydrogen-bond donors (Lipinski definition) is 1. The second-order valence-corrected chi connectivity index (χ2v) is 7.75. The van der Waals surface area contributed by atoms with Gasteiger partial charge in [-0.1, -0.05) is 48.5 Å². The number of hydrogen-bond acceptors (Lipinski definition) is 5. The molecular weight excluding hydrogens is 410 g/mol. The molecule has 0 saturated carbocycles. The fourth-order valence-electron chi connectivity index (χ4n) is 3.19. The van der Waals surface area contributed by atoms with E-state index < -0.39 is 0 Å². The molecule has 31 heavy (non-hydrogen) atoms. The molecule has 4 aromatic rings. The second kappa shape index (κ2) is 9.95. The van der Waals surface area contributed by atoms with Gasteiger partial charge in [0, 0.05) is 6.20 Å². The summed E-state index contributed by atoms with van der Waals surface area (Å²) in [6, 6.07) is 21.4. The van der Waals surface area contributed by atoms with E-state index in [0.29, 0.717) is 42.5 Å². The molecule has 0 fully saturated rings. The Morgan fingerprint density at radius 2 is 1.81 bits per heavy atom. The lowest BCUT2D eigenvalue weighted by Gasteiger charge is -2.10. The van der Waals surface area contributed by atoms with Crippen LogP contribution in [0, 0.1) is 0 Å². The quantitative estimate of drug-likeness (QED) is 0.395. The highest BCUT2D eigenvalue weighted by molar-refractivity contribution is 7.13. The van der Waals surface area contributed by atoms with Gasteiger partial charge in [0.2, 0.25) is 0 Å². The van der Waals surface area contributed by atoms with Gasteiger partial charge in [-0.2, -0.15) is 5.10 Å². The minimum absolute atomic E-state index is 0.175. The van der Waals surface area contributed by atoms with Crippen LogP contribution in [0.4, 0.5) is 0 Å². The van der Waals surface area contributed by atoms with E-state index in [-0.39, 0.29) is 5.91 Å². The molecule has 2 heterocycles. The van der Waals surface area contributed by atoms with Crippen molar-refractivity contribution in [2.45, 2.75) is 6.54 Å². The van der Waals surface area contributed by atoms with E-state index in [4.69, 9.17) is 9.47 Å². The van der Waals surface area contributed by atoms with Gasteiger partial charge >= 0.3 is 0 Å². The molecule has 1 N–H and O–H groups in total. The first-order valence-electron chi connectivity index (χ1n) is 9.94. The van der Waals surface area contributed by atoms with Crippen molar-refractivity contribution in [1.82, 2.24) is 15.1 Å². The van der Waals surface area contributed by atoms with Crippen LogP contribution in [0.5, 0.6) is 11.5 Å². The molecule has 0 saturated heterocycles. The van der Waals surface area contributed by atoms with E-state index in [2.05, 4.69) is 10.4 Å². The van der Waals surface area contributed by atoms with Gasteiger partial charge in [-0.15, -0.1) is 11.3 Å². The van der Waals surface area contributed by atoms with Gasteiger partial charge in [0.25, 0.3) is 5.91 Å². The normalized spacial score (nSPS) is 10.6. The van der Waals surface area contributed by atoms with Crippen molar-refractivity contribution in [3.8, 4) is 22.1 Å². The lowest BCUT2D eigenvalue weighted by molar-refractivity contribution is 0.0947. The smallest absolute Gasteiger partial charge is 0.255 e. The number of nitrogens with zero attached hydrogens (tertiary/aromatic N) is 2. The number of nitrogens with one attached hydrogen (secondary N) is 1. The Morgan fingerprint density at radius 1 is 1.03 bits per heavy atom. The summed E-state index contributed by atoms with van der Waals surface area (Å²) in [6.07, 6.45) is 1.80. The standard InChI is InChI=1S/C24H23N3O3S/c1-29-20-10-5-6-11-21(20)30-14-13-25-24(28)19-17-27(16-18-8-3-2-4-9-18)26-23(19)22-12-7-15-31-22/h2-12,15,17H,13-14,16H2,1H3,(H,25,28). The highest BCUT2D eigenvalue weighted by Gasteiger charge is 2.18. The number of carbonyl (C=O) groups is 1. The Bertz CT molecular complexity index is 1120. The Kier molecular flexibility index (Phi) is 6.64. The average Bonchev–Trinajstić information content (AvgIpc) is 3.47. The van der Waals surface area contributed by atoms with E-state index in [1.54, 1.807) is 24.6 Å². The SMILES string of the molecule is COc1ccccc1OCCNC(=O)c1cn(Cc2ccccc2)nc1-c1cccs1. The van der Waals surface area contributed by atoms with E-state index in [1.807, 2.05) is 76.8 Å². The van der Waals surface area contributed by atoms with Crippen molar-refractivity contribution in [3.63, 3.8) is 0 Å². The summed E-state index contributed by atoms with van der Waals surface area (Å²) in [6.45, 7) is 1.30. The van der Waals surface area contributed by atoms with E-state index >= 15 is 0 Å². The Hall–Kier alpha value is -3.58. The third kappa shape index (κ3) is 5.13. The maximum Gasteiger partial charge on any atom is 0.255 e. The van der Waals surface area contributed by atoms with Crippen molar-refractivity contribution >= 4 is 17.2 Å². The number of para-hydroxylation sites is 2. The van der Waals surface area contributed by atoms with Gasteiger partial charge in [0.05, 0.1) is 30.6 Å². The van der Waals surface area contributed by atoms with Gasteiger partial charge in [-0.05, 0) is 29.1 Å². The van der Waals surface area contributed by atoms with Gasteiger partial charge in [-0.3, -0.25) is 9.48 Å². The molecule has 0 aliphatic rings. The lowest BCUT2D eigenvalue weighted by atomic mass is 10.2. The summed E-state index contributed by atoms with van der Waals surface area (Å²) >= 11 is 1.56. The van der Waals surface area contributed by atoms with Gasteiger partial charge < -0.3 is 14.8 Å². The molecule has 0 spiro atoms. The van der Waals surface area contributed by atoms with Crippen LogP contribution in [0.15, 0.2) is 78.3 Å². The molecule has 0 aliphatic heterocycles. The first kappa shape index (κ1) is 20.7. The van der Waals surface area contributed by atoms with Crippen molar-refractivity contribution in [2.75, 3.05) is 20.3 Å². The number of aromatic nitrogens is 2. The summed E-state index contributed by atoms with van der Waals surface area (Å²) in [7, 11) is 1.60. The predicted octanol–water partition coefficient (Wildman–Crippen LogP) is 4.48. The van der Waals surface area contributed by atoms with Crippen molar-refractivity contribution < 1.29 is 14.3 Å². The Balaban J connectivity index is 1.44. The molecule has 7 heteroatoms. The predicted molar refractivity (Wildman–Crippen MR) is 122 cm³/mol. The zero-order valence-electron chi connectivity index (χ0n) is 17.2. The van der Waals surface area contributed by atoms with Crippen molar-refractivity contribution in [2.24, 2.45) is 0 Å². The zero-order chi connectivity index (χ0) is 21.5. The summed E-state index contributed by atoms with van der Waals surface area (Å²) < 4.78 is 12.8.